The molecule has 0 aromatic carbocycles. The predicted molar refractivity (Wildman–Crippen MR) is 80.4 cm³/mol. The summed E-state index contributed by atoms with van der Waals surface area (Å²) in [6.07, 6.45) is 0.431. The molecule has 0 aliphatic carbocycles. The number of aromatic nitrogens is 1. The molecule has 23 heavy (non-hydrogen) atoms. The van der Waals surface area contributed by atoms with Gasteiger partial charge in [0.05, 0.1) is 19.1 Å². The molecule has 2 saturated heterocycles. The predicted octanol–water partition coefficient (Wildman–Crippen LogP) is 0.962. The molecule has 2 aliphatic heterocycles. The first kappa shape index (κ1) is 15.7. The summed E-state index contributed by atoms with van der Waals surface area (Å²) in [7, 11) is 1.47. The van der Waals surface area contributed by atoms with E-state index in [0.29, 0.717) is 31.7 Å². The van der Waals surface area contributed by atoms with Crippen LogP contribution in [-0.2, 0) is 9.53 Å². The van der Waals surface area contributed by atoms with E-state index in [1.807, 2.05) is 6.92 Å². The van der Waals surface area contributed by atoms with Crippen molar-refractivity contribution >= 4 is 11.9 Å². The molecule has 1 aromatic heterocycles. The van der Waals surface area contributed by atoms with Crippen molar-refractivity contribution in [2.24, 2.45) is 11.3 Å². The van der Waals surface area contributed by atoms with E-state index in [-0.39, 0.29) is 24.2 Å². The van der Waals surface area contributed by atoms with Gasteiger partial charge in [-0.15, -0.1) is 0 Å². The summed E-state index contributed by atoms with van der Waals surface area (Å²) >= 11 is 0. The van der Waals surface area contributed by atoms with Crippen molar-refractivity contribution in [3.8, 4) is 5.88 Å². The number of carbonyl (C=O) groups excluding carboxylic acids is 1. The summed E-state index contributed by atoms with van der Waals surface area (Å²) in [5, 5.41) is 9.68. The Morgan fingerprint density at radius 3 is 2.91 bits per heavy atom. The standard InChI is InChI=1S/C16H20N2O5/c1-10-3-4-12(13(17-10)22-2)14(19)18-7-11-8-23-6-5-16(11,9-18)15(20)21/h3-4,11H,5-9H2,1-2H3,(H,20,21)/t11-,16+/m0/s1. The van der Waals surface area contributed by atoms with E-state index in [9.17, 15) is 14.7 Å². The van der Waals surface area contributed by atoms with Crippen LogP contribution in [0.15, 0.2) is 12.1 Å². The zero-order valence-corrected chi connectivity index (χ0v) is 13.2. The summed E-state index contributed by atoms with van der Waals surface area (Å²) in [5.74, 6) is -1.01. The number of ether oxygens (including phenoxy) is 2. The highest BCUT2D eigenvalue weighted by molar-refractivity contribution is 5.97. The van der Waals surface area contributed by atoms with Gasteiger partial charge in [-0.3, -0.25) is 9.59 Å². The number of carbonyl (C=O) groups is 2. The Balaban J connectivity index is 1.88. The molecule has 3 rings (SSSR count). The molecular weight excluding hydrogens is 300 g/mol. The summed E-state index contributed by atoms with van der Waals surface area (Å²) in [6, 6.07) is 3.42. The Morgan fingerprint density at radius 1 is 1.48 bits per heavy atom. The third-order valence-electron chi connectivity index (χ3n) is 4.84. The lowest BCUT2D eigenvalue weighted by Gasteiger charge is -2.33. The van der Waals surface area contributed by atoms with Gasteiger partial charge in [-0.2, -0.15) is 0 Å². The maximum absolute atomic E-state index is 12.8. The second kappa shape index (κ2) is 5.81. The summed E-state index contributed by atoms with van der Waals surface area (Å²) in [6.45, 7) is 3.19. The van der Waals surface area contributed by atoms with Crippen molar-refractivity contribution < 1.29 is 24.2 Å². The van der Waals surface area contributed by atoms with Crippen LogP contribution < -0.4 is 4.74 Å². The van der Waals surface area contributed by atoms with Crippen molar-refractivity contribution in [3.05, 3.63) is 23.4 Å². The number of pyridine rings is 1. The van der Waals surface area contributed by atoms with Gasteiger partial charge in [0.1, 0.15) is 5.56 Å². The van der Waals surface area contributed by atoms with Crippen LogP contribution in [0.1, 0.15) is 22.5 Å². The molecule has 0 radical (unpaired) electrons. The molecular formula is C16H20N2O5. The van der Waals surface area contributed by atoms with Crippen molar-refractivity contribution in [3.63, 3.8) is 0 Å². The smallest absolute Gasteiger partial charge is 0.311 e. The van der Waals surface area contributed by atoms with Gasteiger partial charge in [0.2, 0.25) is 5.88 Å². The minimum absolute atomic E-state index is 0.179. The number of amides is 1. The Kier molecular flexibility index (Phi) is 3.97. The summed E-state index contributed by atoms with van der Waals surface area (Å²) in [5.41, 5.74) is 0.210. The molecule has 2 atom stereocenters. The number of carboxylic acids is 1. The lowest BCUT2D eigenvalue weighted by molar-refractivity contribution is -0.157. The molecule has 2 fully saturated rings. The normalized spacial score (nSPS) is 26.7. The average Bonchev–Trinajstić information content (AvgIpc) is 2.95. The van der Waals surface area contributed by atoms with Crippen LogP contribution in [0, 0.1) is 18.3 Å². The number of carboxylic acid groups (broad SMARTS) is 1. The van der Waals surface area contributed by atoms with Crippen molar-refractivity contribution in [1.82, 2.24) is 9.88 Å². The zero-order chi connectivity index (χ0) is 16.6. The molecule has 3 heterocycles. The fourth-order valence-electron chi connectivity index (χ4n) is 3.48. The SMILES string of the molecule is COc1nc(C)ccc1C(=O)N1C[C@H]2COCC[C@@]2(C(=O)O)C1. The Bertz CT molecular complexity index is 647. The number of hydrogen-bond donors (Lipinski definition) is 1. The number of nitrogens with zero attached hydrogens (tertiary/aromatic N) is 2. The van der Waals surface area contributed by atoms with Crippen LogP contribution >= 0.6 is 0 Å². The molecule has 1 N–H and O–H groups in total. The molecule has 2 aliphatic rings. The van der Waals surface area contributed by atoms with E-state index in [2.05, 4.69) is 4.98 Å². The first-order chi connectivity index (χ1) is 11.0. The quantitative estimate of drug-likeness (QED) is 0.892. The molecule has 0 saturated carbocycles. The fraction of sp³-hybridized carbons (Fsp3) is 0.562. The molecule has 1 aromatic rings. The van der Waals surface area contributed by atoms with Crippen molar-refractivity contribution in [2.45, 2.75) is 13.3 Å². The second-order valence-electron chi connectivity index (χ2n) is 6.18. The van der Waals surface area contributed by atoms with E-state index >= 15 is 0 Å². The maximum Gasteiger partial charge on any atom is 0.311 e. The van der Waals surface area contributed by atoms with E-state index in [1.54, 1.807) is 17.0 Å². The number of aliphatic carboxylic acids is 1. The van der Waals surface area contributed by atoms with E-state index < -0.39 is 11.4 Å². The third-order valence-corrected chi connectivity index (χ3v) is 4.84. The number of rotatable bonds is 3. The van der Waals surface area contributed by atoms with E-state index in [1.165, 1.54) is 7.11 Å². The Labute approximate surface area is 134 Å². The summed E-state index contributed by atoms with van der Waals surface area (Å²) < 4.78 is 10.6. The zero-order valence-electron chi connectivity index (χ0n) is 13.2. The van der Waals surface area contributed by atoms with Crippen LogP contribution in [-0.4, -0.2) is 60.3 Å². The number of hydrogen-bond acceptors (Lipinski definition) is 5. The Hall–Kier alpha value is -2.15. The van der Waals surface area contributed by atoms with Gasteiger partial charge in [-0.1, -0.05) is 0 Å². The first-order valence-corrected chi connectivity index (χ1v) is 7.60. The lowest BCUT2D eigenvalue weighted by Crippen LogP contribution is -2.45. The van der Waals surface area contributed by atoms with Gasteiger partial charge < -0.3 is 19.5 Å². The van der Waals surface area contributed by atoms with Crippen molar-refractivity contribution in [2.75, 3.05) is 33.4 Å². The molecule has 7 nitrogen and oxygen atoms in total. The van der Waals surface area contributed by atoms with Gasteiger partial charge in [-0.05, 0) is 25.5 Å². The molecule has 0 unspecified atom stereocenters. The molecule has 0 spiro atoms. The highest BCUT2D eigenvalue weighted by Gasteiger charge is 2.55. The van der Waals surface area contributed by atoms with Crippen LogP contribution in [0.2, 0.25) is 0 Å². The van der Waals surface area contributed by atoms with E-state index in [4.69, 9.17) is 9.47 Å². The third kappa shape index (κ3) is 2.55. The Morgan fingerprint density at radius 2 is 2.26 bits per heavy atom. The van der Waals surface area contributed by atoms with Crippen LogP contribution in [0.4, 0.5) is 0 Å². The van der Waals surface area contributed by atoms with Gasteiger partial charge in [0.25, 0.3) is 5.91 Å². The van der Waals surface area contributed by atoms with Crippen LogP contribution in [0.5, 0.6) is 5.88 Å². The highest BCUT2D eigenvalue weighted by atomic mass is 16.5. The average molecular weight is 320 g/mol. The molecule has 1 amide bonds. The van der Waals surface area contributed by atoms with Gasteiger partial charge in [0, 0.05) is 31.3 Å². The first-order valence-electron chi connectivity index (χ1n) is 7.60. The lowest BCUT2D eigenvalue weighted by atomic mass is 9.74. The van der Waals surface area contributed by atoms with Gasteiger partial charge >= 0.3 is 5.97 Å². The van der Waals surface area contributed by atoms with Crippen LogP contribution in [0.3, 0.4) is 0 Å². The minimum Gasteiger partial charge on any atom is -0.481 e. The highest BCUT2D eigenvalue weighted by Crippen LogP contribution is 2.43. The summed E-state index contributed by atoms with van der Waals surface area (Å²) in [4.78, 5) is 30.4. The minimum atomic E-state index is -0.904. The largest absolute Gasteiger partial charge is 0.481 e. The van der Waals surface area contributed by atoms with Gasteiger partial charge in [0.15, 0.2) is 0 Å². The molecule has 124 valence electrons. The number of methoxy groups -OCH3 is 1. The second-order valence-corrected chi connectivity index (χ2v) is 6.18. The fourth-order valence-corrected chi connectivity index (χ4v) is 3.48. The number of fused-ring (bicyclic) bond motifs is 1. The molecule has 0 bridgehead atoms. The van der Waals surface area contributed by atoms with E-state index in [0.717, 1.165) is 5.69 Å². The van der Waals surface area contributed by atoms with Crippen LogP contribution in [0.25, 0.3) is 0 Å². The molecule has 7 heteroatoms. The maximum atomic E-state index is 12.8. The van der Waals surface area contributed by atoms with Crippen molar-refractivity contribution in [1.29, 1.82) is 0 Å². The van der Waals surface area contributed by atoms with Gasteiger partial charge in [-0.25, -0.2) is 4.98 Å². The topological polar surface area (TPSA) is 89.0 Å². The number of likely N-dealkylation sites (tertiary alicyclic amines) is 1. The monoisotopic (exact) mass is 320 g/mol. The number of aryl methyl sites for hydroxylation is 1.